The number of hydrogen-bond acceptors (Lipinski definition) is 6. The second-order valence-corrected chi connectivity index (χ2v) is 11.6. The number of carbonyl (C=O) groups is 2. The van der Waals surface area contributed by atoms with E-state index in [1.54, 1.807) is 0 Å². The van der Waals surface area contributed by atoms with E-state index in [0.29, 0.717) is 11.7 Å². The number of methoxy groups -OCH3 is 1. The molecule has 0 saturated heterocycles. The Labute approximate surface area is 197 Å². The van der Waals surface area contributed by atoms with E-state index in [1.807, 2.05) is 45.0 Å². The summed E-state index contributed by atoms with van der Waals surface area (Å²) in [5.74, 6) is -0.742. The molecule has 1 aromatic carbocycles. The third kappa shape index (κ3) is 3.95. The van der Waals surface area contributed by atoms with Gasteiger partial charge in [0.2, 0.25) is 0 Å². The Kier molecular flexibility index (Phi) is 5.86. The van der Waals surface area contributed by atoms with Gasteiger partial charge in [-0.2, -0.15) is 0 Å². The molecule has 2 saturated carbocycles. The molecule has 2 unspecified atom stereocenters. The molecule has 0 radical (unpaired) electrons. The zero-order valence-electron chi connectivity index (χ0n) is 20.9. The van der Waals surface area contributed by atoms with Crippen LogP contribution in [0.15, 0.2) is 29.3 Å². The minimum Gasteiger partial charge on any atom is -0.492 e. The molecule has 6 nitrogen and oxygen atoms in total. The average molecular weight is 456 g/mol. The molecule has 0 spiro atoms. The van der Waals surface area contributed by atoms with Crippen molar-refractivity contribution in [3.05, 3.63) is 29.8 Å². The standard InChI is InChI=1S/C27H37NO5/c1-25(2,3)33-24(30)22(28-20-14-16-12-13-27(20,6)26(16,4)5)21-17-10-8-9-11-19(17)32-15-18(21)23(29)31-7/h8-11,16,18,21-22H,12-15H2,1-7H3/t16?,18-,21+,22+,27?/m1/s1. The normalized spacial score (nSPS) is 32.1. The van der Waals surface area contributed by atoms with Gasteiger partial charge in [0.15, 0.2) is 6.04 Å². The largest absolute Gasteiger partial charge is 0.492 e. The summed E-state index contributed by atoms with van der Waals surface area (Å²) in [7, 11) is 1.37. The molecule has 4 rings (SSSR count). The molecule has 1 aliphatic heterocycles. The van der Waals surface area contributed by atoms with Crippen LogP contribution < -0.4 is 4.74 Å². The van der Waals surface area contributed by atoms with Gasteiger partial charge in [0.05, 0.1) is 7.11 Å². The summed E-state index contributed by atoms with van der Waals surface area (Å²) in [5.41, 5.74) is 1.26. The smallest absolute Gasteiger partial charge is 0.332 e. The highest BCUT2D eigenvalue weighted by Crippen LogP contribution is 2.64. The van der Waals surface area contributed by atoms with E-state index in [0.717, 1.165) is 24.1 Å². The summed E-state index contributed by atoms with van der Waals surface area (Å²) in [6.07, 6.45) is 3.14. The minimum absolute atomic E-state index is 0.0661. The van der Waals surface area contributed by atoms with Gasteiger partial charge in [-0.25, -0.2) is 4.79 Å². The molecule has 0 aromatic heterocycles. The molecule has 2 bridgehead atoms. The van der Waals surface area contributed by atoms with E-state index in [4.69, 9.17) is 19.2 Å². The first-order valence-electron chi connectivity index (χ1n) is 12.0. The van der Waals surface area contributed by atoms with Crippen molar-refractivity contribution in [2.75, 3.05) is 13.7 Å². The van der Waals surface area contributed by atoms with Crippen molar-refractivity contribution >= 4 is 17.7 Å². The zero-order valence-corrected chi connectivity index (χ0v) is 20.9. The first kappa shape index (κ1) is 23.8. The number of benzene rings is 1. The number of ether oxygens (including phenoxy) is 3. The fourth-order valence-electron chi connectivity index (χ4n) is 6.08. The van der Waals surface area contributed by atoms with E-state index in [1.165, 1.54) is 13.5 Å². The lowest BCUT2D eigenvalue weighted by Gasteiger charge is -2.38. The van der Waals surface area contributed by atoms with Crippen molar-refractivity contribution in [1.29, 1.82) is 0 Å². The molecular weight excluding hydrogens is 418 g/mol. The van der Waals surface area contributed by atoms with Crippen LogP contribution in [0, 0.1) is 22.7 Å². The summed E-state index contributed by atoms with van der Waals surface area (Å²) in [5, 5.41) is 0. The molecule has 1 aromatic rings. The maximum atomic E-state index is 13.7. The summed E-state index contributed by atoms with van der Waals surface area (Å²) in [6.45, 7) is 12.6. The molecule has 2 aliphatic carbocycles. The lowest BCUT2D eigenvalue weighted by Crippen LogP contribution is -2.44. The van der Waals surface area contributed by atoms with Gasteiger partial charge in [0.1, 0.15) is 23.9 Å². The van der Waals surface area contributed by atoms with Crippen molar-refractivity contribution < 1.29 is 23.8 Å². The fraction of sp³-hybridized carbons (Fsp3) is 0.667. The highest BCUT2D eigenvalue weighted by molar-refractivity contribution is 5.96. The van der Waals surface area contributed by atoms with Crippen LogP contribution in [-0.2, 0) is 19.1 Å². The topological polar surface area (TPSA) is 74.2 Å². The second kappa shape index (κ2) is 8.14. The monoisotopic (exact) mass is 455 g/mol. The van der Waals surface area contributed by atoms with Crippen LogP contribution in [0.2, 0.25) is 0 Å². The van der Waals surface area contributed by atoms with Crippen molar-refractivity contribution in [1.82, 2.24) is 0 Å². The average Bonchev–Trinajstić information content (AvgIpc) is 3.08. The maximum Gasteiger partial charge on any atom is 0.332 e. The van der Waals surface area contributed by atoms with Crippen LogP contribution >= 0.6 is 0 Å². The summed E-state index contributed by atoms with van der Waals surface area (Å²) < 4.78 is 16.9. The number of hydrogen-bond donors (Lipinski definition) is 0. The van der Waals surface area contributed by atoms with Gasteiger partial charge < -0.3 is 14.2 Å². The van der Waals surface area contributed by atoms with Crippen LogP contribution in [0.3, 0.4) is 0 Å². The third-order valence-electron chi connectivity index (χ3n) is 8.43. The first-order valence-corrected chi connectivity index (χ1v) is 12.0. The number of esters is 2. The number of rotatable bonds is 4. The quantitative estimate of drug-likeness (QED) is 0.601. The lowest BCUT2D eigenvalue weighted by molar-refractivity contribution is -0.158. The van der Waals surface area contributed by atoms with Gasteiger partial charge in [0, 0.05) is 22.6 Å². The predicted octanol–water partition coefficient (Wildman–Crippen LogP) is 4.95. The Morgan fingerprint density at radius 2 is 1.88 bits per heavy atom. The summed E-state index contributed by atoms with van der Waals surface area (Å²) in [6, 6.07) is 6.73. The van der Waals surface area contributed by atoms with Gasteiger partial charge in [-0.3, -0.25) is 9.79 Å². The molecule has 5 atom stereocenters. The maximum absolute atomic E-state index is 13.7. The van der Waals surface area contributed by atoms with Crippen molar-refractivity contribution in [2.45, 2.75) is 78.4 Å². The van der Waals surface area contributed by atoms with E-state index in [-0.39, 0.29) is 17.4 Å². The van der Waals surface area contributed by atoms with Crippen LogP contribution in [0.5, 0.6) is 5.75 Å². The highest BCUT2D eigenvalue weighted by Gasteiger charge is 2.60. The van der Waals surface area contributed by atoms with Gasteiger partial charge in [-0.1, -0.05) is 39.0 Å². The minimum atomic E-state index is -0.847. The molecule has 33 heavy (non-hydrogen) atoms. The van der Waals surface area contributed by atoms with Crippen LogP contribution in [0.25, 0.3) is 0 Å². The Hall–Kier alpha value is -2.37. The van der Waals surface area contributed by atoms with Crippen molar-refractivity contribution in [3.63, 3.8) is 0 Å². The summed E-state index contributed by atoms with van der Waals surface area (Å²) in [4.78, 5) is 31.7. The number of nitrogens with zero attached hydrogens (tertiary/aromatic N) is 1. The Bertz CT molecular complexity index is 975. The van der Waals surface area contributed by atoms with Crippen LogP contribution in [-0.4, -0.2) is 43.0 Å². The van der Waals surface area contributed by atoms with E-state index in [2.05, 4.69) is 20.8 Å². The van der Waals surface area contributed by atoms with E-state index < -0.39 is 35.4 Å². The predicted molar refractivity (Wildman–Crippen MR) is 126 cm³/mol. The van der Waals surface area contributed by atoms with E-state index >= 15 is 0 Å². The highest BCUT2D eigenvalue weighted by atomic mass is 16.6. The lowest BCUT2D eigenvalue weighted by atomic mass is 9.70. The van der Waals surface area contributed by atoms with Crippen molar-refractivity contribution in [3.8, 4) is 5.75 Å². The molecule has 0 N–H and O–H groups in total. The van der Waals surface area contributed by atoms with Gasteiger partial charge in [0.25, 0.3) is 0 Å². The molecule has 1 heterocycles. The fourth-order valence-corrected chi connectivity index (χ4v) is 6.08. The second-order valence-electron chi connectivity index (χ2n) is 11.6. The molecule has 2 fully saturated rings. The van der Waals surface area contributed by atoms with Gasteiger partial charge in [-0.05, 0) is 57.4 Å². The molecule has 180 valence electrons. The third-order valence-corrected chi connectivity index (χ3v) is 8.43. The Balaban J connectivity index is 1.84. The number of fused-ring (bicyclic) bond motifs is 3. The first-order chi connectivity index (χ1) is 15.4. The molecule has 0 amide bonds. The summed E-state index contributed by atoms with van der Waals surface area (Å²) >= 11 is 0. The van der Waals surface area contributed by atoms with Crippen LogP contribution in [0.4, 0.5) is 0 Å². The molecule has 6 heteroatoms. The molecule has 3 aliphatic rings. The number of aliphatic imine (C=N–C) groups is 1. The number of carbonyl (C=O) groups excluding carboxylic acids is 2. The Morgan fingerprint density at radius 1 is 1.18 bits per heavy atom. The zero-order chi connectivity index (χ0) is 24.2. The van der Waals surface area contributed by atoms with Gasteiger partial charge in [-0.15, -0.1) is 0 Å². The van der Waals surface area contributed by atoms with E-state index in [9.17, 15) is 9.59 Å². The Morgan fingerprint density at radius 3 is 2.45 bits per heavy atom. The van der Waals surface area contributed by atoms with Crippen molar-refractivity contribution in [2.24, 2.45) is 27.7 Å². The SMILES string of the molecule is COC(=O)[C@@H]1COc2ccccc2[C@@H]1[C@H](N=C1CC2CCC1(C)C2(C)C)C(=O)OC(C)(C)C. The van der Waals surface area contributed by atoms with Gasteiger partial charge >= 0.3 is 11.9 Å². The van der Waals surface area contributed by atoms with Crippen LogP contribution in [0.1, 0.15) is 72.3 Å². The molecular formula is C27H37NO5. The number of para-hydroxylation sites is 1.